The van der Waals surface area contributed by atoms with E-state index in [9.17, 15) is 27.2 Å². The van der Waals surface area contributed by atoms with Gasteiger partial charge < -0.3 is 15.4 Å². The van der Waals surface area contributed by atoms with Crippen molar-refractivity contribution in [1.82, 2.24) is 15.6 Å². The smallest absolute Gasteiger partial charge is 0.370 e. The zero-order chi connectivity index (χ0) is 28.9. The molecule has 1 saturated carbocycles. The van der Waals surface area contributed by atoms with Gasteiger partial charge in [0.25, 0.3) is 0 Å². The highest BCUT2D eigenvalue weighted by atomic mass is 35.5. The standard InChI is InChI=1S/C29H28ClF4N3O3/c1-18(38)17-40-25-9-8-24(14-25)36-27(39)37-28(15-19-5-3-2-4-6-19,26-10-7-22(30)16-35-26)20-11-21(29(32,33)34)13-23(31)12-20/h2-7,10-13,16,24-25H,8-9,14-15,17H2,1H3,(H2,36,37,39)/t24?,25?,28-/m0/s1. The summed E-state index contributed by atoms with van der Waals surface area (Å²) in [7, 11) is 0. The zero-order valence-corrected chi connectivity index (χ0v) is 22.4. The molecule has 0 aliphatic heterocycles. The molecule has 0 radical (unpaired) electrons. The van der Waals surface area contributed by atoms with Crippen molar-refractivity contribution in [3.8, 4) is 0 Å². The average molecular weight is 578 g/mol. The largest absolute Gasteiger partial charge is 0.416 e. The van der Waals surface area contributed by atoms with E-state index in [4.69, 9.17) is 16.3 Å². The molecule has 0 saturated heterocycles. The lowest BCUT2D eigenvalue weighted by Crippen LogP contribution is -2.54. The molecular weight excluding hydrogens is 550 g/mol. The highest BCUT2D eigenvalue weighted by Gasteiger charge is 2.41. The number of benzene rings is 2. The third-order valence-corrected chi connectivity index (χ3v) is 6.99. The number of pyridine rings is 1. The van der Waals surface area contributed by atoms with Gasteiger partial charge in [-0.2, -0.15) is 13.2 Å². The molecule has 2 amide bonds. The van der Waals surface area contributed by atoms with Gasteiger partial charge in [-0.1, -0.05) is 41.9 Å². The summed E-state index contributed by atoms with van der Waals surface area (Å²) in [5, 5.41) is 5.98. The second kappa shape index (κ2) is 12.3. The molecule has 2 unspecified atom stereocenters. The van der Waals surface area contributed by atoms with E-state index in [1.165, 1.54) is 25.3 Å². The number of nitrogens with one attached hydrogen (secondary N) is 2. The molecule has 1 aliphatic rings. The number of halogens is 5. The quantitative estimate of drug-likeness (QED) is 0.297. The molecule has 212 valence electrons. The first kappa shape index (κ1) is 29.5. The molecule has 1 aromatic heterocycles. The second-order valence-corrected chi connectivity index (χ2v) is 10.3. The number of hydrogen-bond acceptors (Lipinski definition) is 4. The van der Waals surface area contributed by atoms with Gasteiger partial charge in [0.2, 0.25) is 0 Å². The summed E-state index contributed by atoms with van der Waals surface area (Å²) in [5.41, 5.74) is -2.21. The van der Waals surface area contributed by atoms with E-state index in [1.807, 2.05) is 0 Å². The lowest BCUT2D eigenvalue weighted by molar-refractivity contribution is -0.137. The molecule has 0 bridgehead atoms. The Morgan fingerprint density at radius 2 is 1.77 bits per heavy atom. The normalized spacial score (nSPS) is 18.6. The third kappa shape index (κ3) is 7.37. The molecule has 2 aromatic carbocycles. The Bertz CT molecular complexity index is 1340. The van der Waals surface area contributed by atoms with Crippen molar-refractivity contribution < 1.29 is 31.9 Å². The predicted octanol–water partition coefficient (Wildman–Crippen LogP) is 6.21. The summed E-state index contributed by atoms with van der Waals surface area (Å²) in [6.45, 7) is 1.40. The maximum Gasteiger partial charge on any atom is 0.416 e. The van der Waals surface area contributed by atoms with Crippen molar-refractivity contribution >= 4 is 23.4 Å². The van der Waals surface area contributed by atoms with Crippen LogP contribution in [0, 0.1) is 5.82 Å². The van der Waals surface area contributed by atoms with E-state index in [0.29, 0.717) is 30.9 Å². The fraction of sp³-hybridized carbons (Fsp3) is 0.345. The summed E-state index contributed by atoms with van der Waals surface area (Å²) in [6.07, 6.45) is -2.09. The molecule has 3 atom stereocenters. The van der Waals surface area contributed by atoms with E-state index in [2.05, 4.69) is 15.6 Å². The lowest BCUT2D eigenvalue weighted by Gasteiger charge is -2.36. The Morgan fingerprint density at radius 3 is 2.42 bits per heavy atom. The van der Waals surface area contributed by atoms with E-state index >= 15 is 0 Å². The van der Waals surface area contributed by atoms with E-state index in [0.717, 1.165) is 12.1 Å². The summed E-state index contributed by atoms with van der Waals surface area (Å²) < 4.78 is 61.6. The zero-order valence-electron chi connectivity index (χ0n) is 21.6. The number of hydrogen-bond donors (Lipinski definition) is 2. The van der Waals surface area contributed by atoms with Crippen LogP contribution in [0.3, 0.4) is 0 Å². The van der Waals surface area contributed by atoms with Gasteiger partial charge in [-0.05, 0) is 67.6 Å². The van der Waals surface area contributed by atoms with Crippen LogP contribution < -0.4 is 10.6 Å². The number of ether oxygens (including phenoxy) is 1. The van der Waals surface area contributed by atoms with Gasteiger partial charge in [0.05, 0.1) is 22.4 Å². The van der Waals surface area contributed by atoms with Gasteiger partial charge in [-0.15, -0.1) is 0 Å². The first-order chi connectivity index (χ1) is 18.9. The van der Waals surface area contributed by atoms with Crippen LogP contribution in [0.5, 0.6) is 0 Å². The molecule has 6 nitrogen and oxygen atoms in total. The second-order valence-electron chi connectivity index (χ2n) is 9.90. The predicted molar refractivity (Wildman–Crippen MR) is 141 cm³/mol. The minimum atomic E-state index is -4.83. The Labute approximate surface area is 234 Å². The van der Waals surface area contributed by atoms with Crippen molar-refractivity contribution in [3.05, 3.63) is 100 Å². The number of Topliss-reactive ketones (excluding diaryl/α,β-unsaturated/α-hetero) is 1. The van der Waals surface area contributed by atoms with Gasteiger partial charge in [0, 0.05) is 18.7 Å². The molecule has 0 spiro atoms. The fourth-order valence-electron chi connectivity index (χ4n) is 4.92. The number of ketones is 1. The van der Waals surface area contributed by atoms with E-state index in [1.54, 1.807) is 30.3 Å². The molecule has 1 aliphatic carbocycles. The van der Waals surface area contributed by atoms with Crippen LogP contribution in [0.4, 0.5) is 22.4 Å². The van der Waals surface area contributed by atoms with Crippen LogP contribution in [0.15, 0.2) is 66.9 Å². The van der Waals surface area contributed by atoms with E-state index in [-0.39, 0.29) is 47.2 Å². The molecule has 3 aromatic rings. The molecule has 4 rings (SSSR count). The Balaban J connectivity index is 1.75. The van der Waals surface area contributed by atoms with Crippen molar-refractivity contribution in [2.75, 3.05) is 6.61 Å². The molecule has 40 heavy (non-hydrogen) atoms. The number of urea groups is 1. The molecule has 2 N–H and O–H groups in total. The summed E-state index contributed by atoms with van der Waals surface area (Å²) >= 11 is 6.05. The van der Waals surface area contributed by atoms with Crippen molar-refractivity contribution in [1.29, 1.82) is 0 Å². The number of amides is 2. The number of aromatic nitrogens is 1. The highest BCUT2D eigenvalue weighted by Crippen LogP contribution is 2.38. The molecular formula is C29H28ClF4N3O3. The topological polar surface area (TPSA) is 80.3 Å². The van der Waals surface area contributed by atoms with Crippen LogP contribution in [0.2, 0.25) is 5.02 Å². The summed E-state index contributed by atoms with van der Waals surface area (Å²) in [6, 6.07) is 13.0. The first-order valence-corrected chi connectivity index (χ1v) is 13.1. The Hall–Kier alpha value is -3.50. The maximum atomic E-state index is 14.7. The monoisotopic (exact) mass is 577 g/mol. The number of nitrogens with zero attached hydrogens (tertiary/aromatic N) is 1. The van der Waals surface area contributed by atoms with Crippen LogP contribution in [0.25, 0.3) is 0 Å². The number of carbonyl (C=O) groups excluding carboxylic acids is 2. The average Bonchev–Trinajstić information content (AvgIpc) is 3.34. The Kier molecular flexibility index (Phi) is 9.10. The number of alkyl halides is 3. The summed E-state index contributed by atoms with van der Waals surface area (Å²) in [4.78, 5) is 29.1. The van der Waals surface area contributed by atoms with Crippen LogP contribution in [-0.4, -0.2) is 35.6 Å². The van der Waals surface area contributed by atoms with Crippen LogP contribution >= 0.6 is 11.6 Å². The van der Waals surface area contributed by atoms with Gasteiger partial charge in [-0.25, -0.2) is 9.18 Å². The number of carbonyl (C=O) groups is 2. The van der Waals surface area contributed by atoms with Gasteiger partial charge in [0.1, 0.15) is 18.0 Å². The fourth-order valence-corrected chi connectivity index (χ4v) is 5.04. The van der Waals surface area contributed by atoms with Crippen LogP contribution in [-0.2, 0) is 27.7 Å². The van der Waals surface area contributed by atoms with Crippen molar-refractivity contribution in [2.45, 2.75) is 56.5 Å². The lowest BCUT2D eigenvalue weighted by atomic mass is 9.79. The van der Waals surface area contributed by atoms with Gasteiger partial charge in [0.15, 0.2) is 5.78 Å². The molecule has 11 heteroatoms. The van der Waals surface area contributed by atoms with Crippen LogP contribution in [0.1, 0.15) is 48.6 Å². The maximum absolute atomic E-state index is 14.7. The van der Waals surface area contributed by atoms with Crippen molar-refractivity contribution in [2.24, 2.45) is 0 Å². The molecule has 1 fully saturated rings. The van der Waals surface area contributed by atoms with E-state index < -0.39 is 29.1 Å². The number of rotatable bonds is 9. The van der Waals surface area contributed by atoms with Gasteiger partial charge in [-0.3, -0.25) is 9.78 Å². The first-order valence-electron chi connectivity index (χ1n) is 12.7. The van der Waals surface area contributed by atoms with Gasteiger partial charge >= 0.3 is 12.2 Å². The molecule has 1 heterocycles. The highest BCUT2D eigenvalue weighted by molar-refractivity contribution is 6.30. The Morgan fingerprint density at radius 1 is 1.05 bits per heavy atom. The van der Waals surface area contributed by atoms with Crippen molar-refractivity contribution in [3.63, 3.8) is 0 Å². The summed E-state index contributed by atoms with van der Waals surface area (Å²) in [5.74, 6) is -1.22. The third-order valence-electron chi connectivity index (χ3n) is 6.76. The minimum absolute atomic E-state index is 0.0207. The minimum Gasteiger partial charge on any atom is -0.370 e. The SMILES string of the molecule is CC(=O)COC1CCC(NC(=O)N[C@@](Cc2ccccc2)(c2cc(F)cc(C(F)(F)F)c2)c2ccc(Cl)cn2)C1.